The summed E-state index contributed by atoms with van der Waals surface area (Å²) in [5, 5.41) is 3.47. The van der Waals surface area contributed by atoms with Gasteiger partial charge in [-0.1, -0.05) is 0 Å². The van der Waals surface area contributed by atoms with E-state index in [1.54, 1.807) is 0 Å². The van der Waals surface area contributed by atoms with Crippen LogP contribution in [0.5, 0.6) is 0 Å². The SMILES string of the molecule is CC(NCCCN)C1CC1. The lowest BCUT2D eigenvalue weighted by atomic mass is 10.2. The Hall–Kier alpha value is -0.0800. The van der Waals surface area contributed by atoms with E-state index < -0.39 is 0 Å². The number of nitrogens with two attached hydrogens (primary N) is 1. The summed E-state index contributed by atoms with van der Waals surface area (Å²) in [5.74, 6) is 0.970. The van der Waals surface area contributed by atoms with Crippen LogP contribution in [0.1, 0.15) is 26.2 Å². The molecule has 0 aromatic carbocycles. The van der Waals surface area contributed by atoms with Crippen molar-refractivity contribution in [3.05, 3.63) is 0 Å². The van der Waals surface area contributed by atoms with Crippen LogP contribution >= 0.6 is 0 Å². The van der Waals surface area contributed by atoms with Gasteiger partial charge in [-0.15, -0.1) is 0 Å². The maximum absolute atomic E-state index is 5.37. The molecule has 1 unspecified atom stereocenters. The Morgan fingerprint density at radius 3 is 2.80 bits per heavy atom. The molecule has 0 aliphatic heterocycles. The van der Waals surface area contributed by atoms with Crippen LogP contribution in [0.15, 0.2) is 0 Å². The molecular weight excluding hydrogens is 124 g/mol. The molecule has 10 heavy (non-hydrogen) atoms. The van der Waals surface area contributed by atoms with E-state index in [0.717, 1.165) is 31.5 Å². The minimum Gasteiger partial charge on any atom is -0.330 e. The van der Waals surface area contributed by atoms with Gasteiger partial charge in [0, 0.05) is 6.04 Å². The van der Waals surface area contributed by atoms with E-state index in [1.807, 2.05) is 0 Å². The summed E-state index contributed by atoms with van der Waals surface area (Å²) in [6, 6.07) is 0.728. The van der Waals surface area contributed by atoms with Crippen LogP contribution in [0.25, 0.3) is 0 Å². The first-order valence-electron chi connectivity index (χ1n) is 4.28. The number of rotatable bonds is 5. The molecule has 0 bridgehead atoms. The maximum atomic E-state index is 5.37. The van der Waals surface area contributed by atoms with Gasteiger partial charge in [-0.3, -0.25) is 0 Å². The Bertz CT molecular complexity index is 89.3. The second kappa shape index (κ2) is 3.94. The molecule has 1 rings (SSSR count). The van der Waals surface area contributed by atoms with Gasteiger partial charge in [0.25, 0.3) is 0 Å². The van der Waals surface area contributed by atoms with E-state index in [1.165, 1.54) is 12.8 Å². The molecule has 0 heterocycles. The second-order valence-electron chi connectivity index (χ2n) is 3.22. The lowest BCUT2D eigenvalue weighted by molar-refractivity contribution is 0.492. The Balaban J connectivity index is 1.90. The van der Waals surface area contributed by atoms with E-state index >= 15 is 0 Å². The summed E-state index contributed by atoms with van der Waals surface area (Å²) in [4.78, 5) is 0. The Morgan fingerprint density at radius 1 is 1.60 bits per heavy atom. The van der Waals surface area contributed by atoms with Crippen molar-refractivity contribution in [2.75, 3.05) is 13.1 Å². The minimum absolute atomic E-state index is 0.728. The molecule has 60 valence electrons. The molecule has 1 atom stereocenters. The molecule has 1 aliphatic rings. The lowest BCUT2D eigenvalue weighted by Crippen LogP contribution is -2.29. The van der Waals surface area contributed by atoms with Gasteiger partial charge in [-0.2, -0.15) is 0 Å². The molecule has 1 saturated carbocycles. The molecular formula is C8H18N2. The van der Waals surface area contributed by atoms with Crippen LogP contribution in [0.3, 0.4) is 0 Å². The highest BCUT2D eigenvalue weighted by molar-refractivity contribution is 4.82. The zero-order chi connectivity index (χ0) is 7.40. The first-order chi connectivity index (χ1) is 4.84. The van der Waals surface area contributed by atoms with Gasteiger partial charge in [0.15, 0.2) is 0 Å². The molecule has 0 aromatic heterocycles. The third kappa shape index (κ3) is 2.67. The maximum Gasteiger partial charge on any atom is 0.00670 e. The molecule has 0 saturated heterocycles. The average molecular weight is 142 g/mol. The standard InChI is InChI=1S/C8H18N2/c1-7(8-3-4-8)10-6-2-5-9/h7-8,10H,2-6,9H2,1H3. The molecule has 3 N–H and O–H groups in total. The highest BCUT2D eigenvalue weighted by atomic mass is 14.9. The monoisotopic (exact) mass is 142 g/mol. The van der Waals surface area contributed by atoms with Gasteiger partial charge < -0.3 is 11.1 Å². The predicted octanol–water partition coefficient (Wildman–Crippen LogP) is 0.723. The third-order valence-electron chi connectivity index (χ3n) is 2.18. The lowest BCUT2D eigenvalue weighted by Gasteiger charge is -2.11. The predicted molar refractivity (Wildman–Crippen MR) is 43.9 cm³/mol. The topological polar surface area (TPSA) is 38.0 Å². The van der Waals surface area contributed by atoms with Crippen LogP contribution in [0.4, 0.5) is 0 Å². The van der Waals surface area contributed by atoms with Gasteiger partial charge in [-0.05, 0) is 45.2 Å². The number of hydrogen-bond donors (Lipinski definition) is 2. The summed E-state index contributed by atoms with van der Waals surface area (Å²) in [7, 11) is 0. The van der Waals surface area contributed by atoms with E-state index in [2.05, 4.69) is 12.2 Å². The van der Waals surface area contributed by atoms with E-state index in [0.29, 0.717) is 0 Å². The van der Waals surface area contributed by atoms with Crippen molar-refractivity contribution in [2.24, 2.45) is 11.7 Å². The van der Waals surface area contributed by atoms with Gasteiger partial charge in [0.1, 0.15) is 0 Å². The van der Waals surface area contributed by atoms with Gasteiger partial charge in [0.05, 0.1) is 0 Å². The Kier molecular flexibility index (Phi) is 3.16. The summed E-state index contributed by atoms with van der Waals surface area (Å²) in [6.45, 7) is 4.17. The zero-order valence-corrected chi connectivity index (χ0v) is 6.77. The van der Waals surface area contributed by atoms with Crippen LogP contribution in [0.2, 0.25) is 0 Å². The highest BCUT2D eigenvalue weighted by Gasteiger charge is 2.26. The van der Waals surface area contributed by atoms with Crippen molar-refractivity contribution in [1.82, 2.24) is 5.32 Å². The summed E-state index contributed by atoms with van der Waals surface area (Å²) < 4.78 is 0. The molecule has 0 aromatic rings. The zero-order valence-electron chi connectivity index (χ0n) is 6.77. The molecule has 0 spiro atoms. The van der Waals surface area contributed by atoms with Crippen molar-refractivity contribution in [3.8, 4) is 0 Å². The molecule has 1 aliphatic carbocycles. The van der Waals surface area contributed by atoms with Crippen LogP contribution < -0.4 is 11.1 Å². The van der Waals surface area contributed by atoms with Gasteiger partial charge in [-0.25, -0.2) is 0 Å². The van der Waals surface area contributed by atoms with Crippen molar-refractivity contribution < 1.29 is 0 Å². The fourth-order valence-corrected chi connectivity index (χ4v) is 1.19. The Labute approximate surface area is 63.2 Å². The third-order valence-corrected chi connectivity index (χ3v) is 2.18. The van der Waals surface area contributed by atoms with E-state index in [9.17, 15) is 0 Å². The number of nitrogens with one attached hydrogen (secondary N) is 1. The van der Waals surface area contributed by atoms with Crippen LogP contribution in [-0.2, 0) is 0 Å². The Morgan fingerprint density at radius 2 is 2.30 bits per heavy atom. The fraction of sp³-hybridized carbons (Fsp3) is 1.00. The van der Waals surface area contributed by atoms with Gasteiger partial charge in [0.2, 0.25) is 0 Å². The quantitative estimate of drug-likeness (QED) is 0.555. The second-order valence-corrected chi connectivity index (χ2v) is 3.22. The van der Waals surface area contributed by atoms with Crippen molar-refractivity contribution in [1.29, 1.82) is 0 Å². The summed E-state index contributed by atoms with van der Waals surface area (Å²) in [5.41, 5.74) is 5.37. The van der Waals surface area contributed by atoms with Crippen LogP contribution in [0, 0.1) is 5.92 Å². The summed E-state index contributed by atoms with van der Waals surface area (Å²) >= 11 is 0. The van der Waals surface area contributed by atoms with E-state index in [-0.39, 0.29) is 0 Å². The molecule has 1 fully saturated rings. The molecule has 0 amide bonds. The minimum atomic E-state index is 0.728. The number of hydrogen-bond acceptors (Lipinski definition) is 2. The van der Waals surface area contributed by atoms with Crippen molar-refractivity contribution in [3.63, 3.8) is 0 Å². The molecule has 0 radical (unpaired) electrons. The highest BCUT2D eigenvalue weighted by Crippen LogP contribution is 2.32. The van der Waals surface area contributed by atoms with Crippen molar-refractivity contribution in [2.45, 2.75) is 32.2 Å². The van der Waals surface area contributed by atoms with Crippen molar-refractivity contribution >= 4 is 0 Å². The first-order valence-corrected chi connectivity index (χ1v) is 4.28. The summed E-state index contributed by atoms with van der Waals surface area (Å²) in [6.07, 6.45) is 3.96. The molecule has 2 nitrogen and oxygen atoms in total. The normalized spacial score (nSPS) is 21.0. The van der Waals surface area contributed by atoms with E-state index in [4.69, 9.17) is 5.73 Å². The fourth-order valence-electron chi connectivity index (χ4n) is 1.19. The first kappa shape index (κ1) is 8.02. The smallest absolute Gasteiger partial charge is 0.00670 e. The average Bonchev–Trinajstić information content (AvgIpc) is 2.69. The van der Waals surface area contributed by atoms with Gasteiger partial charge >= 0.3 is 0 Å². The molecule has 2 heteroatoms. The van der Waals surface area contributed by atoms with Crippen LogP contribution in [-0.4, -0.2) is 19.1 Å². The largest absolute Gasteiger partial charge is 0.330 e.